The number of aromatic nitrogens is 1. The first-order valence-corrected chi connectivity index (χ1v) is 20.4. The van der Waals surface area contributed by atoms with Crippen LogP contribution in [0.25, 0.3) is 110 Å². The molecule has 59 heavy (non-hydrogen) atoms. The molecule has 11 aromatic rings. The number of hydrogen-bond donors (Lipinski definition) is 0. The number of benzene rings is 10. The summed E-state index contributed by atoms with van der Waals surface area (Å²) >= 11 is 0. The van der Waals surface area contributed by atoms with Gasteiger partial charge in [0.2, 0.25) is 0 Å². The molecular formula is C57H34N2. The first kappa shape index (κ1) is 32.3. The summed E-state index contributed by atoms with van der Waals surface area (Å²) in [6.07, 6.45) is 1.87. The fourth-order valence-electron chi connectivity index (χ4n) is 10.3. The molecule has 272 valence electrons. The molecule has 0 atom stereocenters. The van der Waals surface area contributed by atoms with Crippen LogP contribution in [0.3, 0.4) is 0 Å². The van der Waals surface area contributed by atoms with E-state index in [0.717, 1.165) is 22.6 Å². The van der Waals surface area contributed by atoms with Crippen LogP contribution in [0, 0.1) is 0 Å². The maximum absolute atomic E-state index is 4.69. The number of nitrogens with zero attached hydrogens (tertiary/aromatic N) is 2. The summed E-state index contributed by atoms with van der Waals surface area (Å²) in [7, 11) is 0. The number of pyridine rings is 1. The molecule has 2 aliphatic carbocycles. The van der Waals surface area contributed by atoms with Crippen molar-refractivity contribution in [2.45, 2.75) is 0 Å². The van der Waals surface area contributed by atoms with E-state index in [0.29, 0.717) is 0 Å². The number of anilines is 3. The summed E-state index contributed by atoms with van der Waals surface area (Å²) in [5.41, 5.74) is 18.4. The molecule has 2 heteroatoms. The Morgan fingerprint density at radius 2 is 0.949 bits per heavy atom. The Hall–Kier alpha value is -7.81. The van der Waals surface area contributed by atoms with Gasteiger partial charge >= 0.3 is 0 Å². The lowest BCUT2D eigenvalue weighted by Crippen LogP contribution is -2.10. The first-order valence-electron chi connectivity index (χ1n) is 20.4. The highest BCUT2D eigenvalue weighted by atomic mass is 15.1. The number of para-hydroxylation sites is 1. The van der Waals surface area contributed by atoms with Gasteiger partial charge < -0.3 is 4.90 Å². The lowest BCUT2D eigenvalue weighted by atomic mass is 9.85. The van der Waals surface area contributed by atoms with Crippen molar-refractivity contribution in [1.29, 1.82) is 0 Å². The summed E-state index contributed by atoms with van der Waals surface area (Å²) < 4.78 is 0. The highest BCUT2D eigenvalue weighted by molar-refractivity contribution is 6.31. The third-order valence-corrected chi connectivity index (χ3v) is 12.8. The molecule has 10 aromatic carbocycles. The summed E-state index contributed by atoms with van der Waals surface area (Å²) in [4.78, 5) is 7.10. The maximum Gasteiger partial charge on any atom is 0.0702 e. The molecule has 1 aromatic heterocycles. The van der Waals surface area contributed by atoms with Gasteiger partial charge in [0.05, 0.1) is 11.4 Å². The lowest BCUT2D eigenvalue weighted by Gasteiger charge is -2.27. The Labute approximate surface area is 341 Å². The zero-order chi connectivity index (χ0) is 38.6. The van der Waals surface area contributed by atoms with E-state index in [-0.39, 0.29) is 0 Å². The normalized spacial score (nSPS) is 12.1. The Morgan fingerprint density at radius 3 is 1.80 bits per heavy atom. The molecule has 1 heterocycles. The monoisotopic (exact) mass is 746 g/mol. The van der Waals surface area contributed by atoms with E-state index < -0.39 is 0 Å². The number of fused-ring (bicyclic) bond motifs is 9. The van der Waals surface area contributed by atoms with Gasteiger partial charge in [-0.2, -0.15) is 0 Å². The smallest absolute Gasteiger partial charge is 0.0702 e. The molecule has 2 nitrogen and oxygen atoms in total. The topological polar surface area (TPSA) is 16.1 Å². The van der Waals surface area contributed by atoms with Crippen molar-refractivity contribution in [2.24, 2.45) is 0 Å². The van der Waals surface area contributed by atoms with Crippen LogP contribution in [0.1, 0.15) is 0 Å². The van der Waals surface area contributed by atoms with Crippen molar-refractivity contribution in [2.75, 3.05) is 4.90 Å². The molecule has 2 aliphatic rings. The Bertz CT molecular complexity index is 3540. The molecule has 0 saturated carbocycles. The van der Waals surface area contributed by atoms with Crippen molar-refractivity contribution in [3.63, 3.8) is 0 Å². The van der Waals surface area contributed by atoms with Gasteiger partial charge in [-0.3, -0.25) is 4.98 Å². The van der Waals surface area contributed by atoms with Gasteiger partial charge in [-0.1, -0.05) is 152 Å². The van der Waals surface area contributed by atoms with Gasteiger partial charge in [0.25, 0.3) is 0 Å². The second-order valence-corrected chi connectivity index (χ2v) is 15.8. The third-order valence-electron chi connectivity index (χ3n) is 12.8. The standard InChI is InChI=1S/C57H34N2/c1-2-15-37(16-3-1)59(53-25-10-14-35-13-4-5-17-39(35)53)38-27-29-40-46-30-31-47(42-20-11-21-44(54(42)46)51(40)34-38)55-41-18-6-7-19-43(41)56-48-28-26-36(52-24-8-9-32-58-52)33-50(48)45-22-12-23-49(55)57(45)56/h1-34H. The lowest BCUT2D eigenvalue weighted by molar-refractivity contribution is 1.30. The molecular weight excluding hydrogens is 713 g/mol. The summed E-state index contributed by atoms with van der Waals surface area (Å²) in [6.45, 7) is 0. The van der Waals surface area contributed by atoms with Gasteiger partial charge in [-0.15, -0.1) is 0 Å². The predicted molar refractivity (Wildman–Crippen MR) is 249 cm³/mol. The van der Waals surface area contributed by atoms with Gasteiger partial charge in [0.1, 0.15) is 0 Å². The van der Waals surface area contributed by atoms with Crippen LogP contribution in [-0.2, 0) is 0 Å². The average molecular weight is 747 g/mol. The maximum atomic E-state index is 4.69. The molecule has 0 amide bonds. The second kappa shape index (κ2) is 12.3. The van der Waals surface area contributed by atoms with Gasteiger partial charge in [0, 0.05) is 28.5 Å². The van der Waals surface area contributed by atoms with Gasteiger partial charge in [-0.05, 0) is 142 Å². The summed E-state index contributed by atoms with van der Waals surface area (Å²) in [5.74, 6) is 0. The van der Waals surface area contributed by atoms with E-state index >= 15 is 0 Å². The van der Waals surface area contributed by atoms with Crippen molar-refractivity contribution in [1.82, 2.24) is 4.98 Å². The predicted octanol–water partition coefficient (Wildman–Crippen LogP) is 15.8. The molecule has 13 rings (SSSR count). The Kier molecular flexibility index (Phi) is 6.76. The fourth-order valence-corrected chi connectivity index (χ4v) is 10.3. The molecule has 0 unspecified atom stereocenters. The van der Waals surface area contributed by atoms with Crippen LogP contribution in [0.15, 0.2) is 206 Å². The van der Waals surface area contributed by atoms with Crippen LogP contribution in [0.4, 0.5) is 17.1 Å². The minimum atomic E-state index is 0.992. The van der Waals surface area contributed by atoms with E-state index in [9.17, 15) is 0 Å². The van der Waals surface area contributed by atoms with Gasteiger partial charge in [0.15, 0.2) is 0 Å². The van der Waals surface area contributed by atoms with Crippen LogP contribution in [-0.4, -0.2) is 4.98 Å². The molecule has 0 aliphatic heterocycles. The van der Waals surface area contributed by atoms with Gasteiger partial charge in [-0.25, -0.2) is 0 Å². The average Bonchev–Trinajstić information content (AvgIpc) is 3.81. The van der Waals surface area contributed by atoms with E-state index in [1.165, 1.54) is 104 Å². The highest BCUT2D eigenvalue weighted by Gasteiger charge is 2.29. The van der Waals surface area contributed by atoms with E-state index in [1.807, 2.05) is 12.3 Å². The molecule has 0 fully saturated rings. The molecule has 0 radical (unpaired) electrons. The number of rotatable bonds is 5. The molecule has 0 bridgehead atoms. The molecule has 0 spiro atoms. The Balaban J connectivity index is 1.02. The van der Waals surface area contributed by atoms with Crippen LogP contribution in [0.2, 0.25) is 0 Å². The zero-order valence-corrected chi connectivity index (χ0v) is 32.0. The summed E-state index contributed by atoms with van der Waals surface area (Å²) in [5, 5.41) is 10.3. The largest absolute Gasteiger partial charge is 0.310 e. The van der Waals surface area contributed by atoms with Crippen LogP contribution in [0.5, 0.6) is 0 Å². The second-order valence-electron chi connectivity index (χ2n) is 15.8. The first-order chi connectivity index (χ1) is 29.3. The van der Waals surface area contributed by atoms with E-state index in [4.69, 9.17) is 0 Å². The molecule has 0 saturated heterocycles. The Morgan fingerprint density at radius 1 is 0.322 bits per heavy atom. The highest BCUT2D eigenvalue weighted by Crippen LogP contribution is 2.57. The minimum absolute atomic E-state index is 0.992. The van der Waals surface area contributed by atoms with Crippen LogP contribution >= 0.6 is 0 Å². The van der Waals surface area contributed by atoms with Crippen molar-refractivity contribution < 1.29 is 0 Å². The minimum Gasteiger partial charge on any atom is -0.310 e. The zero-order valence-electron chi connectivity index (χ0n) is 32.0. The quantitative estimate of drug-likeness (QED) is 0.163. The SMILES string of the molecule is c1ccc(N(c2ccc3c(c2)-c2cccc4c(-c5c6ccccc6c6c7c(cccc57)-c5cc(-c7ccccn7)ccc5-6)ccc-3c24)c2cccc3ccccc23)cc1. The van der Waals surface area contributed by atoms with E-state index in [1.54, 1.807) is 0 Å². The van der Waals surface area contributed by atoms with Crippen molar-refractivity contribution >= 4 is 60.2 Å². The van der Waals surface area contributed by atoms with Crippen LogP contribution < -0.4 is 4.90 Å². The molecule has 0 N–H and O–H groups in total. The van der Waals surface area contributed by atoms with Crippen molar-refractivity contribution in [3.05, 3.63) is 206 Å². The fraction of sp³-hybridized carbons (Fsp3) is 0. The van der Waals surface area contributed by atoms with Crippen molar-refractivity contribution in [3.8, 4) is 66.9 Å². The van der Waals surface area contributed by atoms with E-state index in [2.05, 4.69) is 204 Å². The number of hydrogen-bond acceptors (Lipinski definition) is 2. The third kappa shape index (κ3) is 4.60. The summed E-state index contributed by atoms with van der Waals surface area (Å²) in [6, 6.07) is 73.7.